The molecule has 0 saturated heterocycles. The Bertz CT molecular complexity index is 1720. The summed E-state index contributed by atoms with van der Waals surface area (Å²) >= 11 is 6.06. The van der Waals surface area contributed by atoms with Crippen molar-refractivity contribution in [3.05, 3.63) is 124 Å². The number of esters is 1. The van der Waals surface area contributed by atoms with Gasteiger partial charge in [0.2, 0.25) is 0 Å². The van der Waals surface area contributed by atoms with Crippen molar-refractivity contribution in [2.75, 3.05) is 13.7 Å². The molecule has 5 aromatic rings. The number of fused-ring (bicyclic) bond motifs is 1. The van der Waals surface area contributed by atoms with E-state index in [4.69, 9.17) is 21.1 Å². The number of alkyl halides is 3. The number of ether oxygens (including phenoxy) is 3. The monoisotopic (exact) mass is 591 g/mol. The van der Waals surface area contributed by atoms with Crippen molar-refractivity contribution >= 4 is 28.5 Å². The first-order valence-corrected chi connectivity index (χ1v) is 13.3. The molecule has 0 atom stereocenters. The molecule has 5 rings (SSSR count). The maximum Gasteiger partial charge on any atom is 0.418 e. The SMILES string of the molecule is COC(=O)COc1cccc(COc2cccc(-c3c(Cc4ccc(Cl)cc4)cnc4c(C(F)(F)F)cccc34)c2)c1. The number of pyridine rings is 1. The molecule has 42 heavy (non-hydrogen) atoms. The Kier molecular flexibility index (Phi) is 8.64. The predicted octanol–water partition coefficient (Wildman–Crippen LogP) is 8.30. The van der Waals surface area contributed by atoms with Crippen LogP contribution in [0.1, 0.15) is 22.3 Å². The van der Waals surface area contributed by atoms with Gasteiger partial charge in [-0.15, -0.1) is 0 Å². The fourth-order valence-electron chi connectivity index (χ4n) is 4.62. The summed E-state index contributed by atoms with van der Waals surface area (Å²) in [6.45, 7) is -0.0109. The van der Waals surface area contributed by atoms with Crippen LogP contribution in [-0.4, -0.2) is 24.7 Å². The summed E-state index contributed by atoms with van der Waals surface area (Å²) in [6, 6.07) is 25.8. The minimum absolute atomic E-state index is 0.116. The van der Waals surface area contributed by atoms with Gasteiger partial charge in [-0.3, -0.25) is 4.98 Å². The molecule has 0 spiro atoms. The molecule has 0 aliphatic heterocycles. The topological polar surface area (TPSA) is 57.7 Å². The van der Waals surface area contributed by atoms with Gasteiger partial charge in [-0.2, -0.15) is 13.2 Å². The number of benzene rings is 4. The highest BCUT2D eigenvalue weighted by Gasteiger charge is 2.33. The number of carbonyl (C=O) groups is 1. The number of hydrogen-bond donors (Lipinski definition) is 0. The lowest BCUT2D eigenvalue weighted by molar-refractivity contribution is -0.143. The van der Waals surface area contributed by atoms with E-state index in [9.17, 15) is 18.0 Å². The maximum absolute atomic E-state index is 13.9. The van der Waals surface area contributed by atoms with Crippen molar-refractivity contribution in [3.63, 3.8) is 0 Å². The second-order valence-corrected chi connectivity index (χ2v) is 9.93. The normalized spacial score (nSPS) is 11.4. The lowest BCUT2D eigenvalue weighted by Crippen LogP contribution is -2.12. The number of para-hydroxylation sites is 1. The van der Waals surface area contributed by atoms with Crippen LogP contribution in [-0.2, 0) is 28.7 Å². The minimum Gasteiger partial charge on any atom is -0.489 e. The van der Waals surface area contributed by atoms with Gasteiger partial charge in [0, 0.05) is 16.6 Å². The zero-order valence-electron chi connectivity index (χ0n) is 22.5. The van der Waals surface area contributed by atoms with Crippen molar-refractivity contribution in [1.29, 1.82) is 0 Å². The highest BCUT2D eigenvalue weighted by Crippen LogP contribution is 2.39. The molecule has 0 aliphatic rings. The average molecular weight is 592 g/mol. The van der Waals surface area contributed by atoms with Gasteiger partial charge in [0.15, 0.2) is 6.61 Å². The Morgan fingerprint density at radius 1 is 0.857 bits per heavy atom. The van der Waals surface area contributed by atoms with E-state index in [-0.39, 0.29) is 18.7 Å². The standard InChI is InChI=1S/C33H25ClF3NO4/c1-40-30(39)20-42-26-7-2-5-22(16-26)19-41-27-8-3-6-23(17-27)31-24(15-21-11-13-25(34)14-12-21)18-38-32-28(31)9-4-10-29(32)33(35,36)37/h2-14,16-18H,15,19-20H2,1H3. The second-order valence-electron chi connectivity index (χ2n) is 9.49. The highest BCUT2D eigenvalue weighted by molar-refractivity contribution is 6.30. The van der Waals surface area contributed by atoms with Crippen molar-refractivity contribution in [1.82, 2.24) is 4.98 Å². The third-order valence-corrected chi connectivity index (χ3v) is 6.85. The molecular weight excluding hydrogens is 567 g/mol. The lowest BCUT2D eigenvalue weighted by atomic mass is 9.92. The van der Waals surface area contributed by atoms with Crippen LogP contribution in [0, 0.1) is 0 Å². The minimum atomic E-state index is -4.55. The number of carbonyl (C=O) groups excluding carboxylic acids is 1. The fraction of sp³-hybridized carbons (Fsp3) is 0.152. The van der Waals surface area contributed by atoms with Crippen molar-refractivity contribution < 1.29 is 32.2 Å². The summed E-state index contributed by atoms with van der Waals surface area (Å²) in [6.07, 6.45) is -2.61. The largest absolute Gasteiger partial charge is 0.489 e. The van der Waals surface area contributed by atoms with E-state index in [2.05, 4.69) is 9.72 Å². The van der Waals surface area contributed by atoms with Gasteiger partial charge >= 0.3 is 12.1 Å². The van der Waals surface area contributed by atoms with Gasteiger partial charge in [-0.1, -0.05) is 60.1 Å². The van der Waals surface area contributed by atoms with Crippen molar-refractivity contribution in [2.45, 2.75) is 19.2 Å². The molecular formula is C33H25ClF3NO4. The molecule has 0 unspecified atom stereocenters. The van der Waals surface area contributed by atoms with Crippen LogP contribution in [0.5, 0.6) is 11.5 Å². The molecule has 0 amide bonds. The third-order valence-electron chi connectivity index (χ3n) is 6.60. The first-order valence-electron chi connectivity index (χ1n) is 13.0. The number of methoxy groups -OCH3 is 1. The van der Waals surface area contributed by atoms with Crippen LogP contribution >= 0.6 is 11.6 Å². The number of nitrogens with zero attached hydrogens (tertiary/aromatic N) is 1. The molecule has 4 aromatic carbocycles. The molecule has 214 valence electrons. The van der Waals surface area contributed by atoms with Crippen molar-refractivity contribution in [2.24, 2.45) is 0 Å². The first kappa shape index (κ1) is 29.0. The smallest absolute Gasteiger partial charge is 0.418 e. The number of rotatable bonds is 9. The van der Waals surface area contributed by atoms with E-state index < -0.39 is 17.7 Å². The molecule has 0 radical (unpaired) electrons. The molecule has 5 nitrogen and oxygen atoms in total. The number of hydrogen-bond acceptors (Lipinski definition) is 5. The molecule has 1 aromatic heterocycles. The highest BCUT2D eigenvalue weighted by atomic mass is 35.5. The maximum atomic E-state index is 13.9. The van der Waals surface area contributed by atoms with Crippen LogP contribution in [0.4, 0.5) is 13.2 Å². The molecule has 0 fully saturated rings. The zero-order valence-corrected chi connectivity index (χ0v) is 23.2. The number of halogens is 4. The van der Waals surface area contributed by atoms with Crippen LogP contribution in [0.15, 0.2) is 97.2 Å². The summed E-state index contributed by atoms with van der Waals surface area (Å²) in [5, 5.41) is 0.986. The molecule has 0 bridgehead atoms. The number of aromatic nitrogens is 1. The van der Waals surface area contributed by atoms with Gasteiger partial charge < -0.3 is 14.2 Å². The van der Waals surface area contributed by atoms with Crippen LogP contribution < -0.4 is 9.47 Å². The lowest BCUT2D eigenvalue weighted by Gasteiger charge is -2.17. The fourth-order valence-corrected chi connectivity index (χ4v) is 4.75. The zero-order chi connectivity index (χ0) is 29.7. The first-order chi connectivity index (χ1) is 20.2. The summed E-state index contributed by atoms with van der Waals surface area (Å²) in [7, 11) is 1.29. The second kappa shape index (κ2) is 12.5. The third kappa shape index (κ3) is 6.83. The van der Waals surface area contributed by atoms with E-state index in [0.717, 1.165) is 22.8 Å². The summed E-state index contributed by atoms with van der Waals surface area (Å²) in [5.41, 5.74) is 2.93. The Hall–Kier alpha value is -4.56. The Morgan fingerprint density at radius 3 is 2.31 bits per heavy atom. The van der Waals surface area contributed by atoms with E-state index >= 15 is 0 Å². The molecule has 1 heterocycles. The predicted molar refractivity (Wildman–Crippen MR) is 155 cm³/mol. The van der Waals surface area contributed by atoms with E-state index in [0.29, 0.717) is 39.5 Å². The van der Waals surface area contributed by atoms with E-state index in [1.807, 2.05) is 24.3 Å². The quantitative estimate of drug-likeness (QED) is 0.161. The van der Waals surface area contributed by atoms with Gasteiger partial charge in [0.25, 0.3) is 0 Å². The van der Waals surface area contributed by atoms with Gasteiger partial charge in [-0.25, -0.2) is 4.79 Å². The van der Waals surface area contributed by atoms with E-state index in [1.165, 1.54) is 19.4 Å². The van der Waals surface area contributed by atoms with Crippen LogP contribution in [0.2, 0.25) is 5.02 Å². The summed E-state index contributed by atoms with van der Waals surface area (Å²) in [4.78, 5) is 15.6. The average Bonchev–Trinajstić information content (AvgIpc) is 2.99. The molecule has 9 heteroatoms. The molecule has 0 saturated carbocycles. The van der Waals surface area contributed by atoms with Crippen LogP contribution in [0.3, 0.4) is 0 Å². The molecule has 0 aliphatic carbocycles. The Morgan fingerprint density at radius 2 is 1.57 bits per heavy atom. The summed E-state index contributed by atoms with van der Waals surface area (Å²) < 4.78 is 57.8. The van der Waals surface area contributed by atoms with Gasteiger partial charge in [-0.05, 0) is 76.7 Å². The Balaban J connectivity index is 1.49. The molecule has 0 N–H and O–H groups in total. The Labute approximate surface area is 245 Å². The van der Waals surface area contributed by atoms with Crippen molar-refractivity contribution in [3.8, 4) is 22.6 Å². The van der Waals surface area contributed by atoms with E-state index in [1.54, 1.807) is 54.6 Å². The van der Waals surface area contributed by atoms with Gasteiger partial charge in [0.1, 0.15) is 18.1 Å². The van der Waals surface area contributed by atoms with Gasteiger partial charge in [0.05, 0.1) is 18.2 Å². The van der Waals surface area contributed by atoms with Crippen LogP contribution in [0.25, 0.3) is 22.0 Å². The summed E-state index contributed by atoms with van der Waals surface area (Å²) in [5.74, 6) is 0.531.